The van der Waals surface area contributed by atoms with E-state index in [4.69, 9.17) is 9.47 Å². The van der Waals surface area contributed by atoms with Crippen LogP contribution in [0.5, 0.6) is 0 Å². The van der Waals surface area contributed by atoms with E-state index in [1.54, 1.807) is 7.11 Å². The monoisotopic (exact) mass is 248 g/mol. The first-order chi connectivity index (χ1) is 8.63. The third-order valence-electron chi connectivity index (χ3n) is 3.61. The zero-order valence-electron chi connectivity index (χ0n) is 11.6. The van der Waals surface area contributed by atoms with Gasteiger partial charge in [-0.1, -0.05) is 37.3 Å². The van der Waals surface area contributed by atoms with Crippen LogP contribution < -0.4 is 0 Å². The molecule has 0 spiro atoms. The van der Waals surface area contributed by atoms with Crippen LogP contribution in [0.4, 0.5) is 0 Å². The molecule has 3 nitrogen and oxygen atoms in total. The molecule has 18 heavy (non-hydrogen) atoms. The van der Waals surface area contributed by atoms with Crippen molar-refractivity contribution in [2.24, 2.45) is 5.92 Å². The molecule has 0 N–H and O–H groups in total. The van der Waals surface area contributed by atoms with Crippen LogP contribution in [-0.4, -0.2) is 37.3 Å². The maximum Gasteiger partial charge on any atom is 0.371 e. The maximum atomic E-state index is 6.04. The van der Waals surface area contributed by atoms with Crippen molar-refractivity contribution in [3.8, 4) is 0 Å². The van der Waals surface area contributed by atoms with Crippen molar-refractivity contribution in [2.75, 3.05) is 20.7 Å². The topological polar surface area (TPSA) is 21.5 Å². The molecule has 1 aliphatic heterocycles. The predicted octanol–water partition coefficient (Wildman–Crippen LogP) is 2.47. The molecule has 3 atom stereocenters. The van der Waals surface area contributed by atoms with Gasteiger partial charge in [-0.2, -0.15) is 0 Å². The van der Waals surface area contributed by atoms with Gasteiger partial charge in [0.25, 0.3) is 0 Å². The lowest BCUT2D eigenvalue weighted by atomic mass is 10.0. The number of benzene rings is 1. The van der Waals surface area contributed by atoms with E-state index < -0.39 is 0 Å². The van der Waals surface area contributed by atoms with E-state index in [-0.39, 0.29) is 12.2 Å². The van der Waals surface area contributed by atoms with Gasteiger partial charge in [0.1, 0.15) is 13.2 Å². The summed E-state index contributed by atoms with van der Waals surface area (Å²) in [6.07, 6.45) is 0.115. The van der Waals surface area contributed by atoms with Gasteiger partial charge in [0, 0.05) is 7.11 Å². The summed E-state index contributed by atoms with van der Waals surface area (Å²) in [6, 6.07) is 10.2. The Morgan fingerprint density at radius 2 is 1.94 bits per heavy atom. The van der Waals surface area contributed by atoms with Crippen LogP contribution in [0.1, 0.15) is 25.5 Å². The first-order valence-electron chi connectivity index (χ1n) is 6.46. The summed E-state index contributed by atoms with van der Waals surface area (Å²) in [6.45, 7) is 5.33. The van der Waals surface area contributed by atoms with Crippen LogP contribution in [0.15, 0.2) is 30.3 Å². The highest BCUT2D eigenvalue weighted by Crippen LogP contribution is 2.24. The standard InChI is InChI=1S/C15H22NO2/c1-11-10-16(3)15(18-12(11)2)14(17-4)13-8-6-5-7-9-13/h5-9,11-12,14H,10H2,1-4H3/q+1/t11-,12-,14?/m0/s1. The Hall–Kier alpha value is -1.35. The zero-order chi connectivity index (χ0) is 13.1. The average molecular weight is 248 g/mol. The van der Waals surface area contributed by atoms with E-state index in [1.165, 1.54) is 0 Å². The Morgan fingerprint density at radius 3 is 2.56 bits per heavy atom. The largest absolute Gasteiger partial charge is 0.442 e. The summed E-state index contributed by atoms with van der Waals surface area (Å²) in [5.74, 6) is 1.45. The first kappa shape index (κ1) is 13.1. The average Bonchev–Trinajstić information content (AvgIpc) is 2.38. The van der Waals surface area contributed by atoms with E-state index >= 15 is 0 Å². The second kappa shape index (κ2) is 5.53. The molecule has 3 heteroatoms. The molecule has 1 aliphatic rings. The minimum absolute atomic E-state index is 0.119. The summed E-state index contributed by atoms with van der Waals surface area (Å²) in [5, 5.41) is 0. The number of hydrogen-bond acceptors (Lipinski definition) is 2. The highest BCUT2D eigenvalue weighted by Gasteiger charge is 2.35. The van der Waals surface area contributed by atoms with Gasteiger partial charge in [-0.05, 0) is 12.5 Å². The first-order valence-corrected chi connectivity index (χ1v) is 6.46. The van der Waals surface area contributed by atoms with Gasteiger partial charge in [-0.15, -0.1) is 0 Å². The van der Waals surface area contributed by atoms with Crippen molar-refractivity contribution in [1.82, 2.24) is 0 Å². The van der Waals surface area contributed by atoms with Crippen molar-refractivity contribution < 1.29 is 14.0 Å². The maximum absolute atomic E-state index is 6.04. The van der Waals surface area contributed by atoms with E-state index in [2.05, 4.69) is 37.6 Å². The zero-order valence-corrected chi connectivity index (χ0v) is 11.6. The van der Waals surface area contributed by atoms with Crippen LogP contribution in [0, 0.1) is 5.92 Å². The fourth-order valence-corrected chi connectivity index (χ4v) is 2.34. The molecule has 0 radical (unpaired) electrons. The molecular weight excluding hydrogens is 226 g/mol. The lowest BCUT2D eigenvalue weighted by Gasteiger charge is -2.28. The fourth-order valence-electron chi connectivity index (χ4n) is 2.34. The molecule has 98 valence electrons. The molecule has 0 amide bonds. The lowest BCUT2D eigenvalue weighted by molar-refractivity contribution is -0.530. The molecule has 0 saturated heterocycles. The molecule has 1 heterocycles. The Balaban J connectivity index is 2.31. The van der Waals surface area contributed by atoms with E-state index in [9.17, 15) is 0 Å². The molecule has 2 rings (SSSR count). The van der Waals surface area contributed by atoms with Crippen molar-refractivity contribution >= 4 is 5.90 Å². The van der Waals surface area contributed by atoms with Gasteiger partial charge in [0.15, 0.2) is 6.54 Å². The SMILES string of the molecule is COC(C1=[N+](C)C[C@H](C)[C@H](C)O1)c1ccccc1. The van der Waals surface area contributed by atoms with Crippen LogP contribution >= 0.6 is 0 Å². The van der Waals surface area contributed by atoms with E-state index in [0.29, 0.717) is 5.92 Å². The number of ether oxygens (including phenoxy) is 2. The quantitative estimate of drug-likeness (QED) is 0.766. The molecule has 0 aromatic heterocycles. The van der Waals surface area contributed by atoms with Crippen molar-refractivity contribution in [3.05, 3.63) is 35.9 Å². The highest BCUT2D eigenvalue weighted by atomic mass is 16.5. The molecular formula is C15H22NO2+. The number of rotatable bonds is 3. The normalized spacial score (nSPS) is 25.8. The number of nitrogens with zero attached hydrogens (tertiary/aromatic N) is 1. The molecule has 1 aromatic carbocycles. The van der Waals surface area contributed by atoms with Gasteiger partial charge < -0.3 is 9.47 Å². The minimum Gasteiger partial charge on any atom is -0.442 e. The smallest absolute Gasteiger partial charge is 0.371 e. The van der Waals surface area contributed by atoms with Crippen LogP contribution in [-0.2, 0) is 9.47 Å². The minimum atomic E-state index is -0.119. The van der Waals surface area contributed by atoms with Gasteiger partial charge in [-0.3, -0.25) is 0 Å². The molecule has 0 fully saturated rings. The molecule has 0 bridgehead atoms. The van der Waals surface area contributed by atoms with E-state index in [1.807, 2.05) is 18.2 Å². The molecule has 1 unspecified atom stereocenters. The summed E-state index contributed by atoms with van der Waals surface area (Å²) in [4.78, 5) is 0. The van der Waals surface area contributed by atoms with Crippen LogP contribution in [0.2, 0.25) is 0 Å². The van der Waals surface area contributed by atoms with Crippen molar-refractivity contribution in [2.45, 2.75) is 26.1 Å². The highest BCUT2D eigenvalue weighted by molar-refractivity contribution is 5.78. The second-order valence-corrected chi connectivity index (χ2v) is 5.05. The predicted molar refractivity (Wildman–Crippen MR) is 72.0 cm³/mol. The summed E-state index contributed by atoms with van der Waals surface area (Å²) >= 11 is 0. The summed E-state index contributed by atoms with van der Waals surface area (Å²) < 4.78 is 13.8. The Labute approximate surface area is 109 Å². The van der Waals surface area contributed by atoms with Gasteiger partial charge in [-0.25, -0.2) is 4.58 Å². The fraction of sp³-hybridized carbons (Fsp3) is 0.533. The lowest BCUT2D eigenvalue weighted by Crippen LogP contribution is -2.42. The van der Waals surface area contributed by atoms with Gasteiger partial charge in [0.05, 0.1) is 5.92 Å². The molecule has 1 aromatic rings. The Bertz CT molecular complexity index is 427. The number of hydrogen-bond donors (Lipinski definition) is 0. The molecule has 0 saturated carbocycles. The second-order valence-electron chi connectivity index (χ2n) is 5.05. The van der Waals surface area contributed by atoms with Gasteiger partial charge in [0.2, 0.25) is 6.10 Å². The summed E-state index contributed by atoms with van der Waals surface area (Å²) in [7, 11) is 3.79. The molecule has 0 aliphatic carbocycles. The van der Waals surface area contributed by atoms with Crippen molar-refractivity contribution in [1.29, 1.82) is 0 Å². The van der Waals surface area contributed by atoms with Gasteiger partial charge >= 0.3 is 5.90 Å². The third kappa shape index (κ3) is 2.56. The Kier molecular flexibility index (Phi) is 4.02. The van der Waals surface area contributed by atoms with Crippen molar-refractivity contribution in [3.63, 3.8) is 0 Å². The Morgan fingerprint density at radius 1 is 1.28 bits per heavy atom. The number of methoxy groups -OCH3 is 1. The summed E-state index contributed by atoms with van der Waals surface area (Å²) in [5.41, 5.74) is 1.13. The van der Waals surface area contributed by atoms with E-state index in [0.717, 1.165) is 18.0 Å². The van der Waals surface area contributed by atoms with Crippen LogP contribution in [0.25, 0.3) is 0 Å². The van der Waals surface area contributed by atoms with Crippen LogP contribution in [0.3, 0.4) is 0 Å². The third-order valence-corrected chi connectivity index (χ3v) is 3.61.